The van der Waals surface area contributed by atoms with Gasteiger partial charge in [-0.2, -0.15) is 0 Å². The molecular weight excluding hydrogens is 176 g/mol. The molecule has 1 aromatic carbocycles. The summed E-state index contributed by atoms with van der Waals surface area (Å²) in [6.07, 6.45) is 2.82. The van der Waals surface area contributed by atoms with Gasteiger partial charge in [-0.15, -0.1) is 0 Å². The molecule has 0 spiro atoms. The first-order chi connectivity index (χ1) is 6.65. The van der Waals surface area contributed by atoms with Crippen LogP contribution in [0.1, 0.15) is 19.4 Å². The molecule has 14 heavy (non-hydrogen) atoms. The highest BCUT2D eigenvalue weighted by Gasteiger charge is 2.04. The molecule has 1 rings (SSSR count). The lowest BCUT2D eigenvalue weighted by Gasteiger charge is -2.06. The van der Waals surface area contributed by atoms with E-state index < -0.39 is 0 Å². The van der Waals surface area contributed by atoms with Gasteiger partial charge in [-0.25, -0.2) is 0 Å². The van der Waals surface area contributed by atoms with Crippen LogP contribution in [0.3, 0.4) is 0 Å². The Morgan fingerprint density at radius 1 is 1.43 bits per heavy atom. The molecule has 0 aliphatic rings. The van der Waals surface area contributed by atoms with Crippen LogP contribution in [-0.4, -0.2) is 12.2 Å². The first-order valence-corrected chi connectivity index (χ1v) is 4.63. The summed E-state index contributed by atoms with van der Waals surface area (Å²) in [4.78, 5) is 0. The van der Waals surface area contributed by atoms with E-state index in [0.717, 1.165) is 12.0 Å². The van der Waals surface area contributed by atoms with Crippen molar-refractivity contribution >= 4 is 0 Å². The quantitative estimate of drug-likeness (QED) is 0.746. The molecule has 2 heteroatoms. The van der Waals surface area contributed by atoms with Gasteiger partial charge in [0, 0.05) is 5.56 Å². The normalized spacial score (nSPS) is 9.64. The van der Waals surface area contributed by atoms with E-state index >= 15 is 0 Å². The molecule has 1 aromatic rings. The van der Waals surface area contributed by atoms with Gasteiger partial charge in [0.05, 0.1) is 7.11 Å². The zero-order chi connectivity index (χ0) is 10.6. The van der Waals surface area contributed by atoms with E-state index in [2.05, 4.69) is 6.08 Å². The van der Waals surface area contributed by atoms with E-state index in [4.69, 9.17) is 4.74 Å². The first kappa shape index (κ1) is 10.6. The minimum Gasteiger partial charge on any atom is -0.504 e. The van der Waals surface area contributed by atoms with Crippen molar-refractivity contribution in [3.8, 4) is 11.5 Å². The molecule has 0 saturated heterocycles. The van der Waals surface area contributed by atoms with Crippen LogP contribution in [0.25, 0.3) is 0 Å². The summed E-state index contributed by atoms with van der Waals surface area (Å²) in [7, 11) is 1.56. The summed E-state index contributed by atoms with van der Waals surface area (Å²) in [6.45, 7) is 4.08. The second-order valence-corrected chi connectivity index (χ2v) is 3.45. The van der Waals surface area contributed by atoms with Crippen LogP contribution in [0.15, 0.2) is 29.8 Å². The summed E-state index contributed by atoms with van der Waals surface area (Å²) < 4.78 is 5.02. The maximum atomic E-state index is 9.75. The van der Waals surface area contributed by atoms with Gasteiger partial charge in [0.2, 0.25) is 0 Å². The molecule has 0 fully saturated rings. The Morgan fingerprint density at radius 2 is 2.14 bits per heavy atom. The Morgan fingerprint density at radius 3 is 2.71 bits per heavy atom. The summed E-state index contributed by atoms with van der Waals surface area (Å²) in [5.41, 5.74) is 2.14. The minimum absolute atomic E-state index is 0.243. The number of phenolic OH excluding ortho intramolecular Hbond substituents is 1. The smallest absolute Gasteiger partial charge is 0.161 e. The van der Waals surface area contributed by atoms with E-state index in [1.807, 2.05) is 26.0 Å². The third-order valence-electron chi connectivity index (χ3n) is 2.03. The van der Waals surface area contributed by atoms with Crippen LogP contribution in [-0.2, 0) is 6.42 Å². The molecule has 0 aromatic heterocycles. The number of methoxy groups -OCH3 is 1. The molecular formula is C12H16O2. The van der Waals surface area contributed by atoms with Crippen molar-refractivity contribution in [2.45, 2.75) is 20.3 Å². The fourth-order valence-corrected chi connectivity index (χ4v) is 1.21. The second-order valence-electron chi connectivity index (χ2n) is 3.45. The third kappa shape index (κ3) is 2.52. The van der Waals surface area contributed by atoms with Crippen LogP contribution in [0.2, 0.25) is 0 Å². The first-order valence-electron chi connectivity index (χ1n) is 4.63. The largest absolute Gasteiger partial charge is 0.504 e. The Labute approximate surface area is 84.8 Å². The number of hydrogen-bond acceptors (Lipinski definition) is 2. The van der Waals surface area contributed by atoms with Gasteiger partial charge in [-0.3, -0.25) is 0 Å². The fraction of sp³-hybridized carbons (Fsp3) is 0.333. The van der Waals surface area contributed by atoms with Crippen molar-refractivity contribution in [2.24, 2.45) is 0 Å². The molecule has 0 atom stereocenters. The van der Waals surface area contributed by atoms with Crippen molar-refractivity contribution in [3.05, 3.63) is 35.4 Å². The van der Waals surface area contributed by atoms with Gasteiger partial charge >= 0.3 is 0 Å². The lowest BCUT2D eigenvalue weighted by molar-refractivity contribution is 0.371. The topological polar surface area (TPSA) is 29.5 Å². The van der Waals surface area contributed by atoms with Gasteiger partial charge in [-0.1, -0.05) is 23.8 Å². The molecule has 76 valence electrons. The molecule has 0 saturated carbocycles. The predicted molar refractivity (Wildman–Crippen MR) is 57.8 cm³/mol. The number of ether oxygens (including phenoxy) is 1. The maximum Gasteiger partial charge on any atom is 0.161 e. The van der Waals surface area contributed by atoms with Gasteiger partial charge in [0.1, 0.15) is 0 Å². The van der Waals surface area contributed by atoms with Gasteiger partial charge < -0.3 is 9.84 Å². The average molecular weight is 192 g/mol. The summed E-state index contributed by atoms with van der Waals surface area (Å²) in [5, 5.41) is 9.75. The summed E-state index contributed by atoms with van der Waals surface area (Å²) >= 11 is 0. The van der Waals surface area contributed by atoms with Crippen molar-refractivity contribution in [1.29, 1.82) is 0 Å². The number of phenols is 1. The molecule has 0 bridgehead atoms. The van der Waals surface area contributed by atoms with Gasteiger partial charge in [-0.05, 0) is 26.3 Å². The zero-order valence-corrected chi connectivity index (χ0v) is 8.87. The Hall–Kier alpha value is -1.44. The standard InChI is InChI=1S/C12H16O2/c1-9(2)7-8-10-5-4-6-11(14-3)12(10)13/h4-7,13H,8H2,1-3H3. The number of rotatable bonds is 3. The molecule has 0 unspecified atom stereocenters. The maximum absolute atomic E-state index is 9.75. The highest BCUT2D eigenvalue weighted by Crippen LogP contribution is 2.29. The van der Waals surface area contributed by atoms with Crippen molar-refractivity contribution < 1.29 is 9.84 Å². The van der Waals surface area contributed by atoms with Crippen LogP contribution in [0, 0.1) is 0 Å². The molecule has 0 amide bonds. The molecule has 0 radical (unpaired) electrons. The van der Waals surface area contributed by atoms with Gasteiger partial charge in [0.25, 0.3) is 0 Å². The SMILES string of the molecule is COc1cccc(CC=C(C)C)c1O. The number of allylic oxidation sites excluding steroid dienone is 2. The fourth-order valence-electron chi connectivity index (χ4n) is 1.21. The molecule has 0 aliphatic carbocycles. The Balaban J connectivity index is 2.92. The summed E-state index contributed by atoms with van der Waals surface area (Å²) in [5.74, 6) is 0.775. The molecule has 0 heterocycles. The van der Waals surface area contributed by atoms with Gasteiger partial charge in [0.15, 0.2) is 11.5 Å². The number of aromatic hydroxyl groups is 1. The van der Waals surface area contributed by atoms with Crippen molar-refractivity contribution in [3.63, 3.8) is 0 Å². The van der Waals surface area contributed by atoms with Crippen LogP contribution >= 0.6 is 0 Å². The zero-order valence-electron chi connectivity index (χ0n) is 8.87. The van der Waals surface area contributed by atoms with Crippen LogP contribution in [0.5, 0.6) is 11.5 Å². The highest BCUT2D eigenvalue weighted by atomic mass is 16.5. The second kappa shape index (κ2) is 4.70. The lowest BCUT2D eigenvalue weighted by atomic mass is 10.1. The number of hydrogen-bond donors (Lipinski definition) is 1. The van der Waals surface area contributed by atoms with E-state index in [9.17, 15) is 5.11 Å². The Bertz CT molecular complexity index is 336. The van der Waals surface area contributed by atoms with Crippen molar-refractivity contribution in [1.82, 2.24) is 0 Å². The highest BCUT2D eigenvalue weighted by molar-refractivity contribution is 5.46. The van der Waals surface area contributed by atoms with Crippen LogP contribution in [0.4, 0.5) is 0 Å². The summed E-state index contributed by atoms with van der Waals surface area (Å²) in [6, 6.07) is 5.53. The van der Waals surface area contributed by atoms with E-state index in [1.165, 1.54) is 5.57 Å². The van der Waals surface area contributed by atoms with Crippen LogP contribution < -0.4 is 4.74 Å². The van der Waals surface area contributed by atoms with Crippen molar-refractivity contribution in [2.75, 3.05) is 7.11 Å². The molecule has 1 N–H and O–H groups in total. The minimum atomic E-state index is 0.243. The lowest BCUT2D eigenvalue weighted by Crippen LogP contribution is -1.88. The van der Waals surface area contributed by atoms with E-state index in [0.29, 0.717) is 5.75 Å². The van der Waals surface area contributed by atoms with E-state index in [-0.39, 0.29) is 5.75 Å². The predicted octanol–water partition coefficient (Wildman–Crippen LogP) is 2.91. The number of benzene rings is 1. The van der Waals surface area contributed by atoms with E-state index in [1.54, 1.807) is 13.2 Å². The number of para-hydroxylation sites is 1. The average Bonchev–Trinajstić information content (AvgIpc) is 2.16. The molecule has 2 nitrogen and oxygen atoms in total. The Kier molecular flexibility index (Phi) is 3.57. The molecule has 0 aliphatic heterocycles. The monoisotopic (exact) mass is 192 g/mol. The third-order valence-corrected chi connectivity index (χ3v) is 2.03.